The number of carbonyl (C=O) groups is 1. The zero-order valence-corrected chi connectivity index (χ0v) is 12.1. The number of pyridine rings is 1. The summed E-state index contributed by atoms with van der Waals surface area (Å²) >= 11 is 3.41. The quantitative estimate of drug-likeness (QED) is 0.890. The molecule has 0 saturated heterocycles. The number of nitrogens with one attached hydrogen (secondary N) is 1. The molecule has 2 aromatic heterocycles. The van der Waals surface area contributed by atoms with Gasteiger partial charge in [0.1, 0.15) is 5.82 Å². The molecule has 0 radical (unpaired) electrons. The van der Waals surface area contributed by atoms with Crippen LogP contribution < -0.4 is 11.1 Å². The number of imidazole rings is 1. The number of aromatic nitrogens is 2. The minimum Gasteiger partial charge on any atom is -0.383 e. The number of hydrogen-bond donors (Lipinski definition) is 2. The zero-order chi connectivity index (χ0) is 13.6. The maximum Gasteiger partial charge on any atom is 0.273 e. The van der Waals surface area contributed by atoms with Gasteiger partial charge >= 0.3 is 0 Å². The lowest BCUT2D eigenvalue weighted by Crippen LogP contribution is -2.43. The first-order valence-corrected chi connectivity index (χ1v) is 7.08. The highest BCUT2D eigenvalue weighted by atomic mass is 79.9. The molecule has 100 valence electrons. The standard InChI is InChI=1S/C13H15BrN4O/c1-7-5-8(6-7)16-13(19)10-11(15)18-4-2-3-9(14)12(18)17-10/h2-4,7-8H,5-6,15H2,1H3,(H,16,19). The third-order valence-electron chi connectivity index (χ3n) is 3.56. The average Bonchev–Trinajstić information content (AvgIpc) is 2.67. The topological polar surface area (TPSA) is 72.4 Å². The Hall–Kier alpha value is -1.56. The summed E-state index contributed by atoms with van der Waals surface area (Å²) in [6.07, 6.45) is 3.86. The van der Waals surface area contributed by atoms with Crippen LogP contribution in [-0.2, 0) is 0 Å². The molecule has 0 spiro atoms. The van der Waals surface area contributed by atoms with E-state index in [1.807, 2.05) is 12.1 Å². The third-order valence-corrected chi connectivity index (χ3v) is 4.18. The van der Waals surface area contributed by atoms with Gasteiger partial charge in [0.15, 0.2) is 11.3 Å². The maximum absolute atomic E-state index is 12.2. The van der Waals surface area contributed by atoms with Crippen molar-refractivity contribution < 1.29 is 4.79 Å². The number of fused-ring (bicyclic) bond motifs is 1. The molecule has 0 unspecified atom stereocenters. The minimum atomic E-state index is -0.190. The smallest absolute Gasteiger partial charge is 0.273 e. The van der Waals surface area contributed by atoms with Crippen LogP contribution in [0.2, 0.25) is 0 Å². The van der Waals surface area contributed by atoms with Crippen molar-refractivity contribution in [2.45, 2.75) is 25.8 Å². The molecule has 1 fully saturated rings. The lowest BCUT2D eigenvalue weighted by molar-refractivity contribution is 0.0892. The van der Waals surface area contributed by atoms with Gasteiger partial charge in [0.05, 0.1) is 4.47 Å². The molecule has 0 aromatic carbocycles. The van der Waals surface area contributed by atoms with Gasteiger partial charge in [0, 0.05) is 12.2 Å². The van der Waals surface area contributed by atoms with Gasteiger partial charge < -0.3 is 11.1 Å². The largest absolute Gasteiger partial charge is 0.383 e. The highest BCUT2D eigenvalue weighted by Crippen LogP contribution is 2.27. The fourth-order valence-corrected chi connectivity index (χ4v) is 2.93. The Morgan fingerprint density at radius 1 is 1.58 bits per heavy atom. The van der Waals surface area contributed by atoms with Crippen LogP contribution in [0.1, 0.15) is 30.3 Å². The first-order chi connectivity index (χ1) is 9.06. The second kappa shape index (κ2) is 4.52. The van der Waals surface area contributed by atoms with Crippen molar-refractivity contribution in [3.8, 4) is 0 Å². The number of nitrogens with zero attached hydrogens (tertiary/aromatic N) is 2. The summed E-state index contributed by atoms with van der Waals surface area (Å²) in [6.45, 7) is 2.18. The summed E-state index contributed by atoms with van der Waals surface area (Å²) in [5.41, 5.74) is 6.95. The van der Waals surface area contributed by atoms with Gasteiger partial charge in [-0.25, -0.2) is 4.98 Å². The monoisotopic (exact) mass is 322 g/mol. The number of hydrogen-bond acceptors (Lipinski definition) is 3. The molecule has 0 aliphatic heterocycles. The van der Waals surface area contributed by atoms with E-state index in [1.165, 1.54) is 0 Å². The predicted molar refractivity (Wildman–Crippen MR) is 77.0 cm³/mol. The van der Waals surface area contributed by atoms with Gasteiger partial charge in [0.2, 0.25) is 0 Å². The van der Waals surface area contributed by atoms with Crippen molar-refractivity contribution in [3.05, 3.63) is 28.5 Å². The Balaban J connectivity index is 1.90. The van der Waals surface area contributed by atoms with Crippen LogP contribution in [0.5, 0.6) is 0 Å². The van der Waals surface area contributed by atoms with Gasteiger partial charge in [0.25, 0.3) is 5.91 Å². The molecule has 5 nitrogen and oxygen atoms in total. The molecule has 19 heavy (non-hydrogen) atoms. The Labute approximate surface area is 119 Å². The van der Waals surface area contributed by atoms with Gasteiger partial charge in [-0.3, -0.25) is 9.20 Å². The number of nitrogens with two attached hydrogens (primary N) is 1. The number of anilines is 1. The molecule has 1 aliphatic rings. The van der Waals surface area contributed by atoms with Crippen LogP contribution >= 0.6 is 15.9 Å². The highest BCUT2D eigenvalue weighted by Gasteiger charge is 2.28. The summed E-state index contributed by atoms with van der Waals surface area (Å²) in [4.78, 5) is 16.5. The van der Waals surface area contributed by atoms with Crippen molar-refractivity contribution in [1.82, 2.24) is 14.7 Å². The summed E-state index contributed by atoms with van der Waals surface area (Å²) in [5, 5.41) is 2.97. The Bertz CT molecular complexity index is 645. The fourth-order valence-electron chi connectivity index (χ4n) is 2.49. The lowest BCUT2D eigenvalue weighted by Gasteiger charge is -2.32. The molecule has 3 N–H and O–H groups in total. The van der Waals surface area contributed by atoms with Gasteiger partial charge in [-0.05, 0) is 46.8 Å². The van der Waals surface area contributed by atoms with Crippen LogP contribution in [0, 0.1) is 5.92 Å². The second-order valence-corrected chi connectivity index (χ2v) is 6.00. The van der Waals surface area contributed by atoms with E-state index in [9.17, 15) is 4.79 Å². The van der Waals surface area contributed by atoms with Crippen molar-refractivity contribution in [2.24, 2.45) is 5.92 Å². The van der Waals surface area contributed by atoms with Crippen molar-refractivity contribution >= 4 is 33.3 Å². The number of halogens is 1. The fraction of sp³-hybridized carbons (Fsp3) is 0.385. The maximum atomic E-state index is 12.2. The van der Waals surface area contributed by atoms with Crippen LogP contribution in [0.25, 0.3) is 5.65 Å². The van der Waals surface area contributed by atoms with Crippen LogP contribution in [0.15, 0.2) is 22.8 Å². The molecule has 0 atom stereocenters. The molecule has 6 heteroatoms. The molecule has 2 aromatic rings. The summed E-state index contributed by atoms with van der Waals surface area (Å²) in [6, 6.07) is 3.98. The Morgan fingerprint density at radius 3 is 2.95 bits per heavy atom. The van der Waals surface area contributed by atoms with Crippen LogP contribution in [0.3, 0.4) is 0 Å². The molecule has 3 rings (SSSR count). The van der Waals surface area contributed by atoms with E-state index in [-0.39, 0.29) is 11.9 Å². The van der Waals surface area contributed by atoms with Gasteiger partial charge in [-0.15, -0.1) is 0 Å². The summed E-state index contributed by atoms with van der Waals surface area (Å²) < 4.78 is 2.53. The summed E-state index contributed by atoms with van der Waals surface area (Å²) in [5.74, 6) is 0.879. The van der Waals surface area contributed by atoms with E-state index in [4.69, 9.17) is 5.73 Å². The normalized spacial score (nSPS) is 22.2. The molecule has 1 saturated carbocycles. The first-order valence-electron chi connectivity index (χ1n) is 6.29. The predicted octanol–water partition coefficient (Wildman–Crippen LogP) is 2.21. The molecule has 1 aliphatic carbocycles. The van der Waals surface area contributed by atoms with E-state index in [0.29, 0.717) is 23.1 Å². The number of rotatable bonds is 2. The lowest BCUT2D eigenvalue weighted by atomic mass is 9.82. The van der Waals surface area contributed by atoms with E-state index in [1.54, 1.807) is 10.6 Å². The van der Waals surface area contributed by atoms with E-state index in [2.05, 4.69) is 33.2 Å². The Kier molecular flexibility index (Phi) is 2.97. The number of nitrogen functional groups attached to an aromatic ring is 1. The third kappa shape index (κ3) is 2.10. The van der Waals surface area contributed by atoms with Crippen molar-refractivity contribution in [2.75, 3.05) is 5.73 Å². The molecule has 2 heterocycles. The minimum absolute atomic E-state index is 0.190. The van der Waals surface area contributed by atoms with E-state index < -0.39 is 0 Å². The molecule has 1 amide bonds. The van der Waals surface area contributed by atoms with E-state index in [0.717, 1.165) is 17.3 Å². The first kappa shape index (κ1) is 12.5. The average molecular weight is 323 g/mol. The van der Waals surface area contributed by atoms with Crippen molar-refractivity contribution in [3.63, 3.8) is 0 Å². The van der Waals surface area contributed by atoms with Gasteiger partial charge in [-0.2, -0.15) is 0 Å². The van der Waals surface area contributed by atoms with Gasteiger partial charge in [-0.1, -0.05) is 6.92 Å². The van der Waals surface area contributed by atoms with Crippen LogP contribution in [0.4, 0.5) is 5.82 Å². The van der Waals surface area contributed by atoms with Crippen molar-refractivity contribution in [1.29, 1.82) is 0 Å². The van der Waals surface area contributed by atoms with Crippen LogP contribution in [-0.4, -0.2) is 21.3 Å². The molecule has 0 bridgehead atoms. The molecular weight excluding hydrogens is 308 g/mol. The van der Waals surface area contributed by atoms with E-state index >= 15 is 0 Å². The molecular formula is C13H15BrN4O. The number of amides is 1. The number of carbonyl (C=O) groups excluding carboxylic acids is 1. The zero-order valence-electron chi connectivity index (χ0n) is 10.6. The Morgan fingerprint density at radius 2 is 2.32 bits per heavy atom. The highest BCUT2D eigenvalue weighted by molar-refractivity contribution is 9.10. The second-order valence-electron chi connectivity index (χ2n) is 5.14. The summed E-state index contributed by atoms with van der Waals surface area (Å²) in [7, 11) is 0. The SMILES string of the molecule is CC1CC(NC(=O)c2nc3c(Br)cccn3c2N)C1.